The molecule has 1 fully saturated rings. The van der Waals surface area contributed by atoms with Crippen molar-refractivity contribution in [2.24, 2.45) is 11.8 Å². The minimum absolute atomic E-state index is 0.00626. The fourth-order valence-corrected chi connectivity index (χ4v) is 3.02. The number of carboxylic acids is 1. The van der Waals surface area contributed by atoms with Crippen LogP contribution in [0.2, 0.25) is 0 Å². The summed E-state index contributed by atoms with van der Waals surface area (Å²) in [4.78, 5) is 23.2. The lowest BCUT2D eigenvalue weighted by molar-refractivity contribution is -0.138. The molecule has 5 heteroatoms. The van der Waals surface area contributed by atoms with Gasteiger partial charge in [0.05, 0.1) is 5.54 Å². The van der Waals surface area contributed by atoms with E-state index in [-0.39, 0.29) is 18.2 Å². The number of hydrogen-bond donors (Lipinski definition) is 3. The van der Waals surface area contributed by atoms with Crippen LogP contribution in [0.4, 0.5) is 0 Å². The van der Waals surface area contributed by atoms with Gasteiger partial charge in [0, 0.05) is 13.0 Å². The van der Waals surface area contributed by atoms with E-state index in [2.05, 4.69) is 24.5 Å². The summed E-state index contributed by atoms with van der Waals surface area (Å²) in [6.07, 6.45) is 3.59. The third-order valence-corrected chi connectivity index (χ3v) is 4.10. The Balaban J connectivity index is 2.52. The van der Waals surface area contributed by atoms with Gasteiger partial charge in [0.2, 0.25) is 5.91 Å². The molecule has 1 aliphatic heterocycles. The van der Waals surface area contributed by atoms with Gasteiger partial charge in [0.1, 0.15) is 0 Å². The molecule has 0 aliphatic carbocycles. The van der Waals surface area contributed by atoms with E-state index < -0.39 is 11.5 Å². The fraction of sp³-hybridized carbons (Fsp3) is 0.867. The van der Waals surface area contributed by atoms with Crippen molar-refractivity contribution >= 4 is 11.9 Å². The highest BCUT2D eigenvalue weighted by Gasteiger charge is 2.39. The summed E-state index contributed by atoms with van der Waals surface area (Å²) in [7, 11) is 0. The maximum atomic E-state index is 12.4. The fourth-order valence-electron chi connectivity index (χ4n) is 3.02. The molecule has 20 heavy (non-hydrogen) atoms. The van der Waals surface area contributed by atoms with Crippen molar-refractivity contribution in [1.29, 1.82) is 0 Å². The van der Waals surface area contributed by atoms with E-state index in [1.807, 2.05) is 6.92 Å². The number of nitrogens with one attached hydrogen (secondary N) is 2. The molecule has 0 bridgehead atoms. The molecule has 0 aromatic rings. The van der Waals surface area contributed by atoms with Crippen molar-refractivity contribution in [2.75, 3.05) is 13.1 Å². The number of carboxylic acid groups (broad SMARTS) is 1. The third kappa shape index (κ3) is 4.78. The van der Waals surface area contributed by atoms with Crippen LogP contribution in [-0.2, 0) is 9.59 Å². The molecule has 1 heterocycles. The van der Waals surface area contributed by atoms with Gasteiger partial charge >= 0.3 is 5.97 Å². The summed E-state index contributed by atoms with van der Waals surface area (Å²) in [5, 5.41) is 15.2. The Morgan fingerprint density at radius 3 is 2.55 bits per heavy atom. The second kappa shape index (κ2) is 7.62. The molecule has 0 saturated carbocycles. The van der Waals surface area contributed by atoms with Gasteiger partial charge < -0.3 is 15.7 Å². The van der Waals surface area contributed by atoms with Crippen LogP contribution >= 0.6 is 0 Å². The molecule has 0 spiro atoms. The zero-order valence-electron chi connectivity index (χ0n) is 12.9. The Bertz CT molecular complexity index is 336. The van der Waals surface area contributed by atoms with Crippen LogP contribution in [0.3, 0.4) is 0 Å². The molecule has 3 N–H and O–H groups in total. The number of hydrogen-bond acceptors (Lipinski definition) is 3. The van der Waals surface area contributed by atoms with Gasteiger partial charge in [-0.2, -0.15) is 0 Å². The molecular weight excluding hydrogens is 256 g/mol. The smallest absolute Gasteiger partial charge is 0.303 e. The maximum Gasteiger partial charge on any atom is 0.303 e. The van der Waals surface area contributed by atoms with E-state index >= 15 is 0 Å². The average molecular weight is 284 g/mol. The maximum absolute atomic E-state index is 12.4. The van der Waals surface area contributed by atoms with Crippen LogP contribution in [0.25, 0.3) is 0 Å². The standard InChI is InChI=1S/C15H28N2O3/c1-4-15(6-5-7-17-15)14(20)16-10-12(8-11(2)3)9-13(18)19/h11-12,17H,4-10H2,1-3H3,(H,16,20)(H,18,19). The topological polar surface area (TPSA) is 78.4 Å². The van der Waals surface area contributed by atoms with Gasteiger partial charge in [0.25, 0.3) is 0 Å². The van der Waals surface area contributed by atoms with Crippen LogP contribution in [0.1, 0.15) is 52.9 Å². The first-order valence-corrected chi connectivity index (χ1v) is 7.64. The van der Waals surface area contributed by atoms with E-state index in [0.717, 1.165) is 32.2 Å². The highest BCUT2D eigenvalue weighted by Crippen LogP contribution is 2.23. The molecule has 1 amide bonds. The minimum Gasteiger partial charge on any atom is -0.481 e. The SMILES string of the molecule is CCC1(C(=O)NCC(CC(=O)O)CC(C)C)CCCN1. The number of rotatable bonds is 8. The molecule has 0 aromatic carbocycles. The van der Waals surface area contributed by atoms with Gasteiger partial charge in [-0.25, -0.2) is 0 Å². The molecule has 2 atom stereocenters. The number of amides is 1. The zero-order valence-corrected chi connectivity index (χ0v) is 12.9. The van der Waals surface area contributed by atoms with Gasteiger partial charge in [-0.3, -0.25) is 9.59 Å². The number of carbonyl (C=O) groups is 2. The quantitative estimate of drug-likeness (QED) is 0.635. The van der Waals surface area contributed by atoms with Crippen LogP contribution in [-0.4, -0.2) is 35.6 Å². The van der Waals surface area contributed by atoms with E-state index in [1.165, 1.54) is 0 Å². The summed E-state index contributed by atoms with van der Waals surface area (Å²) in [6, 6.07) is 0. The monoisotopic (exact) mass is 284 g/mol. The van der Waals surface area contributed by atoms with Crippen molar-refractivity contribution in [3.63, 3.8) is 0 Å². The van der Waals surface area contributed by atoms with Gasteiger partial charge in [-0.1, -0.05) is 20.8 Å². The van der Waals surface area contributed by atoms with E-state index in [1.54, 1.807) is 0 Å². The largest absolute Gasteiger partial charge is 0.481 e. The first-order valence-electron chi connectivity index (χ1n) is 7.64. The average Bonchev–Trinajstić information content (AvgIpc) is 2.84. The van der Waals surface area contributed by atoms with Crippen molar-refractivity contribution in [3.05, 3.63) is 0 Å². The summed E-state index contributed by atoms with van der Waals surface area (Å²) in [6.45, 7) is 7.49. The molecular formula is C15H28N2O3. The lowest BCUT2D eigenvalue weighted by atomic mass is 9.91. The Morgan fingerprint density at radius 1 is 1.40 bits per heavy atom. The summed E-state index contributed by atoms with van der Waals surface area (Å²) in [5.41, 5.74) is -0.439. The zero-order chi connectivity index (χ0) is 15.2. The van der Waals surface area contributed by atoms with Gasteiger partial charge in [-0.05, 0) is 44.1 Å². The molecule has 116 valence electrons. The second-order valence-corrected chi connectivity index (χ2v) is 6.27. The van der Waals surface area contributed by atoms with Crippen LogP contribution < -0.4 is 10.6 Å². The highest BCUT2D eigenvalue weighted by atomic mass is 16.4. The number of aliphatic carboxylic acids is 1. The Labute approximate surface area is 121 Å². The summed E-state index contributed by atoms with van der Waals surface area (Å²) >= 11 is 0. The van der Waals surface area contributed by atoms with Gasteiger partial charge in [0.15, 0.2) is 0 Å². The first kappa shape index (κ1) is 17.0. The molecule has 2 unspecified atom stereocenters. The molecule has 0 radical (unpaired) electrons. The second-order valence-electron chi connectivity index (χ2n) is 6.27. The highest BCUT2D eigenvalue weighted by molar-refractivity contribution is 5.86. The molecule has 1 saturated heterocycles. The van der Waals surface area contributed by atoms with Crippen LogP contribution in [0, 0.1) is 11.8 Å². The van der Waals surface area contributed by atoms with Crippen LogP contribution in [0.15, 0.2) is 0 Å². The number of carbonyl (C=O) groups excluding carboxylic acids is 1. The first-order chi connectivity index (χ1) is 9.39. The lowest BCUT2D eigenvalue weighted by Crippen LogP contribution is -2.53. The predicted octanol–water partition coefficient (Wildman–Crippen LogP) is 1.77. The molecule has 5 nitrogen and oxygen atoms in total. The molecule has 1 rings (SSSR count). The minimum atomic E-state index is -0.797. The van der Waals surface area contributed by atoms with Crippen molar-refractivity contribution in [1.82, 2.24) is 10.6 Å². The predicted molar refractivity (Wildman–Crippen MR) is 78.5 cm³/mol. The summed E-state index contributed by atoms with van der Waals surface area (Å²) < 4.78 is 0. The van der Waals surface area contributed by atoms with E-state index in [9.17, 15) is 9.59 Å². The van der Waals surface area contributed by atoms with Crippen LogP contribution in [0.5, 0.6) is 0 Å². The normalized spacial score (nSPS) is 23.8. The Kier molecular flexibility index (Phi) is 6.46. The van der Waals surface area contributed by atoms with Gasteiger partial charge in [-0.15, -0.1) is 0 Å². The lowest BCUT2D eigenvalue weighted by Gasteiger charge is -2.28. The van der Waals surface area contributed by atoms with E-state index in [0.29, 0.717) is 12.5 Å². The molecule has 1 aliphatic rings. The Hall–Kier alpha value is -1.10. The van der Waals surface area contributed by atoms with E-state index in [4.69, 9.17) is 5.11 Å². The van der Waals surface area contributed by atoms with Crippen molar-refractivity contribution in [3.8, 4) is 0 Å². The molecule has 0 aromatic heterocycles. The third-order valence-electron chi connectivity index (χ3n) is 4.10. The van der Waals surface area contributed by atoms with Crippen molar-refractivity contribution in [2.45, 2.75) is 58.4 Å². The Morgan fingerprint density at radius 2 is 2.10 bits per heavy atom. The van der Waals surface area contributed by atoms with Crippen molar-refractivity contribution < 1.29 is 14.7 Å². The summed E-state index contributed by atoms with van der Waals surface area (Å²) in [5.74, 6) is -0.335.